The molecule has 1 atom stereocenters. The first kappa shape index (κ1) is 14.5. The molecule has 0 fully saturated rings. The summed E-state index contributed by atoms with van der Waals surface area (Å²) in [5, 5.41) is 12.2. The van der Waals surface area contributed by atoms with Crippen LogP contribution < -0.4 is 10.1 Å². The number of methoxy groups -OCH3 is 2. The lowest BCUT2D eigenvalue weighted by molar-refractivity contribution is 0.0587. The number of para-hydroxylation sites is 1. The van der Waals surface area contributed by atoms with E-state index in [9.17, 15) is 9.90 Å². The van der Waals surface area contributed by atoms with Gasteiger partial charge in [-0.05, 0) is 18.6 Å². The molecule has 1 amide bonds. The van der Waals surface area contributed by atoms with Gasteiger partial charge in [-0.3, -0.25) is 4.79 Å². The zero-order chi connectivity index (χ0) is 13.4. The summed E-state index contributed by atoms with van der Waals surface area (Å²) in [5.41, 5.74) is 0.487. The molecule has 100 valence electrons. The van der Waals surface area contributed by atoms with Gasteiger partial charge in [-0.25, -0.2) is 0 Å². The van der Waals surface area contributed by atoms with Gasteiger partial charge in [0, 0.05) is 13.7 Å². The van der Waals surface area contributed by atoms with Gasteiger partial charge in [0.25, 0.3) is 5.91 Å². The number of carbonyl (C=O) groups excluding carboxylic acids is 1. The summed E-state index contributed by atoms with van der Waals surface area (Å²) in [6.45, 7) is 0.659. The molecular formula is C13H19NO4. The van der Waals surface area contributed by atoms with E-state index < -0.39 is 6.10 Å². The quantitative estimate of drug-likeness (QED) is 0.755. The molecule has 0 saturated heterocycles. The molecule has 5 nitrogen and oxygen atoms in total. The van der Waals surface area contributed by atoms with Crippen molar-refractivity contribution in [3.05, 3.63) is 29.8 Å². The zero-order valence-corrected chi connectivity index (χ0v) is 10.7. The molecule has 0 aliphatic carbocycles. The van der Waals surface area contributed by atoms with E-state index >= 15 is 0 Å². The molecule has 1 unspecified atom stereocenters. The van der Waals surface area contributed by atoms with Crippen molar-refractivity contribution in [2.45, 2.75) is 12.5 Å². The highest BCUT2D eigenvalue weighted by Crippen LogP contribution is 2.16. The number of hydrogen-bond acceptors (Lipinski definition) is 4. The second-order valence-corrected chi connectivity index (χ2v) is 3.85. The fourth-order valence-electron chi connectivity index (χ4n) is 1.56. The van der Waals surface area contributed by atoms with Crippen molar-refractivity contribution in [2.24, 2.45) is 0 Å². The van der Waals surface area contributed by atoms with Gasteiger partial charge in [-0.1, -0.05) is 12.1 Å². The standard InChI is InChI=1S/C13H19NO4/c1-17-9-10(15)7-8-14-13(16)11-5-3-4-6-12(11)18-2/h3-6,10,15H,7-9H2,1-2H3,(H,14,16). The van der Waals surface area contributed by atoms with Crippen molar-refractivity contribution >= 4 is 5.91 Å². The average Bonchev–Trinajstić information content (AvgIpc) is 2.38. The van der Waals surface area contributed by atoms with Crippen LogP contribution in [-0.2, 0) is 4.74 Å². The Morgan fingerprint density at radius 1 is 1.39 bits per heavy atom. The number of aliphatic hydroxyl groups excluding tert-OH is 1. The maximum absolute atomic E-state index is 11.9. The Bertz CT molecular complexity index is 381. The summed E-state index contributed by atoms with van der Waals surface area (Å²) in [4.78, 5) is 11.9. The number of carbonyl (C=O) groups is 1. The summed E-state index contributed by atoms with van der Waals surface area (Å²) < 4.78 is 9.90. The molecule has 0 heterocycles. The zero-order valence-electron chi connectivity index (χ0n) is 10.7. The van der Waals surface area contributed by atoms with Gasteiger partial charge in [-0.15, -0.1) is 0 Å². The van der Waals surface area contributed by atoms with Gasteiger partial charge in [0.05, 0.1) is 25.4 Å². The SMILES string of the molecule is COCC(O)CCNC(=O)c1ccccc1OC. The van der Waals surface area contributed by atoms with Gasteiger partial charge in [0.15, 0.2) is 0 Å². The Labute approximate surface area is 107 Å². The van der Waals surface area contributed by atoms with Crippen molar-refractivity contribution in [3.8, 4) is 5.75 Å². The van der Waals surface area contributed by atoms with E-state index in [0.29, 0.717) is 24.3 Å². The largest absolute Gasteiger partial charge is 0.496 e. The molecule has 1 rings (SSSR count). The number of nitrogens with one attached hydrogen (secondary N) is 1. The maximum atomic E-state index is 11.9. The minimum absolute atomic E-state index is 0.211. The van der Waals surface area contributed by atoms with E-state index in [1.54, 1.807) is 24.3 Å². The molecule has 0 aliphatic heterocycles. The van der Waals surface area contributed by atoms with Gasteiger partial charge >= 0.3 is 0 Å². The third-order valence-electron chi connectivity index (χ3n) is 2.47. The Hall–Kier alpha value is -1.59. The first-order valence-corrected chi connectivity index (χ1v) is 5.77. The van der Waals surface area contributed by atoms with Crippen molar-refractivity contribution in [3.63, 3.8) is 0 Å². The highest BCUT2D eigenvalue weighted by Gasteiger charge is 2.11. The van der Waals surface area contributed by atoms with E-state index in [4.69, 9.17) is 9.47 Å². The van der Waals surface area contributed by atoms with E-state index in [-0.39, 0.29) is 12.5 Å². The lowest BCUT2D eigenvalue weighted by Crippen LogP contribution is -2.28. The summed E-state index contributed by atoms with van der Waals surface area (Å²) >= 11 is 0. The maximum Gasteiger partial charge on any atom is 0.255 e. The van der Waals surface area contributed by atoms with Crippen molar-refractivity contribution in [2.75, 3.05) is 27.4 Å². The molecule has 0 bridgehead atoms. The predicted octanol–water partition coefficient (Wildman–Crippen LogP) is 0.822. The molecule has 1 aromatic rings. The summed E-state index contributed by atoms with van der Waals surface area (Å²) in [6.07, 6.45) is -0.109. The smallest absolute Gasteiger partial charge is 0.255 e. The Balaban J connectivity index is 2.45. The highest BCUT2D eigenvalue weighted by atomic mass is 16.5. The van der Waals surface area contributed by atoms with Crippen molar-refractivity contribution < 1.29 is 19.4 Å². The number of rotatable bonds is 7. The normalized spacial score (nSPS) is 11.9. The van der Waals surface area contributed by atoms with Gasteiger partial charge in [0.1, 0.15) is 5.75 Å². The second-order valence-electron chi connectivity index (χ2n) is 3.85. The fourth-order valence-corrected chi connectivity index (χ4v) is 1.56. The topological polar surface area (TPSA) is 67.8 Å². The molecule has 0 saturated carbocycles. The van der Waals surface area contributed by atoms with Crippen LogP contribution in [0.15, 0.2) is 24.3 Å². The van der Waals surface area contributed by atoms with Crippen LogP contribution >= 0.6 is 0 Å². The molecule has 0 spiro atoms. The fraction of sp³-hybridized carbons (Fsp3) is 0.462. The molecule has 1 aromatic carbocycles. The molecule has 0 aliphatic rings. The van der Waals surface area contributed by atoms with Crippen molar-refractivity contribution in [1.82, 2.24) is 5.32 Å². The molecule has 0 radical (unpaired) electrons. The molecule has 2 N–H and O–H groups in total. The van der Waals surface area contributed by atoms with E-state index in [0.717, 1.165) is 0 Å². The van der Waals surface area contributed by atoms with Gasteiger partial charge < -0.3 is 19.9 Å². The third kappa shape index (κ3) is 4.35. The second kappa shape index (κ2) is 7.68. The summed E-state index contributed by atoms with van der Waals surface area (Å²) in [5.74, 6) is 0.324. The van der Waals surface area contributed by atoms with Crippen LogP contribution in [0.4, 0.5) is 0 Å². The monoisotopic (exact) mass is 253 g/mol. The predicted molar refractivity (Wildman–Crippen MR) is 67.8 cm³/mol. The summed E-state index contributed by atoms with van der Waals surface area (Å²) in [6, 6.07) is 7.00. The van der Waals surface area contributed by atoms with Gasteiger partial charge in [0.2, 0.25) is 0 Å². The van der Waals surface area contributed by atoms with Crippen LogP contribution in [0.3, 0.4) is 0 Å². The first-order chi connectivity index (χ1) is 8.69. The average molecular weight is 253 g/mol. The summed E-state index contributed by atoms with van der Waals surface area (Å²) in [7, 11) is 3.05. The lowest BCUT2D eigenvalue weighted by atomic mass is 10.2. The minimum Gasteiger partial charge on any atom is -0.496 e. The van der Waals surface area contributed by atoms with Crippen LogP contribution in [0.1, 0.15) is 16.8 Å². The van der Waals surface area contributed by atoms with Crippen molar-refractivity contribution in [1.29, 1.82) is 0 Å². The van der Waals surface area contributed by atoms with E-state index in [1.807, 2.05) is 0 Å². The molecule has 5 heteroatoms. The Kier molecular flexibility index (Phi) is 6.18. The Morgan fingerprint density at radius 3 is 2.78 bits per heavy atom. The van der Waals surface area contributed by atoms with Gasteiger partial charge in [-0.2, -0.15) is 0 Å². The first-order valence-electron chi connectivity index (χ1n) is 5.77. The third-order valence-corrected chi connectivity index (χ3v) is 2.47. The minimum atomic E-state index is -0.562. The number of amides is 1. The van der Waals surface area contributed by atoms with E-state index in [1.165, 1.54) is 14.2 Å². The van der Waals surface area contributed by atoms with Crippen LogP contribution in [0.2, 0.25) is 0 Å². The van der Waals surface area contributed by atoms with Crippen LogP contribution in [0.25, 0.3) is 0 Å². The van der Waals surface area contributed by atoms with Crippen LogP contribution in [0.5, 0.6) is 5.75 Å². The van der Waals surface area contributed by atoms with Crippen LogP contribution in [-0.4, -0.2) is 44.5 Å². The molecular weight excluding hydrogens is 234 g/mol. The molecule has 18 heavy (non-hydrogen) atoms. The molecule has 0 aromatic heterocycles. The Morgan fingerprint density at radius 2 is 2.11 bits per heavy atom. The number of hydrogen-bond donors (Lipinski definition) is 2. The number of aliphatic hydroxyl groups is 1. The highest BCUT2D eigenvalue weighted by molar-refractivity contribution is 5.96. The number of ether oxygens (including phenoxy) is 2. The lowest BCUT2D eigenvalue weighted by Gasteiger charge is -2.11. The van der Waals surface area contributed by atoms with Crippen LogP contribution in [0, 0.1) is 0 Å². The van der Waals surface area contributed by atoms with E-state index in [2.05, 4.69) is 5.32 Å². The number of benzene rings is 1.